The van der Waals surface area contributed by atoms with Crippen molar-refractivity contribution in [1.29, 1.82) is 0 Å². The van der Waals surface area contributed by atoms with Crippen LogP contribution in [0.3, 0.4) is 0 Å². The van der Waals surface area contributed by atoms with Crippen LogP contribution < -0.4 is 13.9 Å². The number of ether oxygens (including phenoxy) is 1. The van der Waals surface area contributed by atoms with Gasteiger partial charge in [-0.2, -0.15) is 8.42 Å². The largest absolute Gasteiger partial charge is 0.381 e. The van der Waals surface area contributed by atoms with Crippen LogP contribution in [0, 0.1) is 12.8 Å². The summed E-state index contributed by atoms with van der Waals surface area (Å²) in [6, 6.07) is 3.48. The topological polar surface area (TPSA) is 79.0 Å². The second-order valence-corrected chi connectivity index (χ2v) is 7.64. The lowest BCUT2D eigenvalue weighted by molar-refractivity contribution is -0.119. The van der Waals surface area contributed by atoms with E-state index in [1.165, 1.54) is 22.7 Å². The molecule has 8 heteroatoms. The molecule has 2 heterocycles. The Kier molecular flexibility index (Phi) is 3.53. The minimum absolute atomic E-state index is 0.0857. The molecular weight excluding hydrogens is 306 g/mol. The molecule has 0 spiro atoms. The number of amides is 1. The summed E-state index contributed by atoms with van der Waals surface area (Å²) in [4.78, 5) is 12.2. The minimum Gasteiger partial charge on any atom is -0.381 e. The molecule has 1 fully saturated rings. The summed E-state index contributed by atoms with van der Waals surface area (Å²) in [5, 5.41) is 2.89. The zero-order valence-corrected chi connectivity index (χ0v) is 13.6. The smallest absolute Gasteiger partial charge is 0.326 e. The van der Waals surface area contributed by atoms with Crippen LogP contribution in [-0.2, 0) is 19.7 Å². The summed E-state index contributed by atoms with van der Waals surface area (Å²) in [5.41, 5.74) is 2.63. The number of nitrogens with one attached hydrogen (secondary N) is 1. The van der Waals surface area contributed by atoms with Crippen molar-refractivity contribution in [3.05, 3.63) is 17.7 Å². The molecule has 7 nitrogen and oxygen atoms in total. The molecule has 3 rings (SSSR count). The van der Waals surface area contributed by atoms with E-state index in [0.717, 1.165) is 5.56 Å². The number of carbonyl (C=O) groups is 1. The van der Waals surface area contributed by atoms with Crippen LogP contribution in [0.1, 0.15) is 12.0 Å². The first-order valence-corrected chi connectivity index (χ1v) is 8.48. The van der Waals surface area contributed by atoms with Gasteiger partial charge in [-0.25, -0.2) is 0 Å². The predicted molar refractivity (Wildman–Crippen MR) is 84.5 cm³/mol. The van der Waals surface area contributed by atoms with E-state index in [9.17, 15) is 13.2 Å². The van der Waals surface area contributed by atoms with E-state index in [0.29, 0.717) is 36.7 Å². The van der Waals surface area contributed by atoms with E-state index >= 15 is 0 Å². The first-order valence-electron chi connectivity index (χ1n) is 7.08. The van der Waals surface area contributed by atoms with Crippen LogP contribution >= 0.6 is 0 Å². The first-order chi connectivity index (χ1) is 10.3. The number of rotatable bonds is 2. The van der Waals surface area contributed by atoms with Crippen molar-refractivity contribution in [3.63, 3.8) is 0 Å². The van der Waals surface area contributed by atoms with Gasteiger partial charge >= 0.3 is 10.2 Å². The lowest BCUT2D eigenvalue weighted by Crippen LogP contribution is -2.32. The van der Waals surface area contributed by atoms with Crippen molar-refractivity contribution >= 4 is 33.2 Å². The number of hydrogen-bond donors (Lipinski definition) is 1. The Morgan fingerprint density at radius 1 is 1.27 bits per heavy atom. The first kappa shape index (κ1) is 15.1. The SMILES string of the molecule is Cc1cc2c(cc1NC(=O)[C@H]1CCOC1)N(C)S(=O)(=O)N2C. The predicted octanol–water partition coefficient (Wildman–Crippen LogP) is 1.10. The zero-order chi connectivity index (χ0) is 16.1. The highest BCUT2D eigenvalue weighted by Crippen LogP contribution is 2.42. The molecule has 0 bridgehead atoms. The molecule has 120 valence electrons. The van der Waals surface area contributed by atoms with E-state index in [-0.39, 0.29) is 11.8 Å². The minimum atomic E-state index is -3.51. The maximum atomic E-state index is 12.2. The number of carbonyl (C=O) groups excluding carboxylic acids is 1. The normalized spacial score (nSPS) is 22.8. The Bertz CT molecular complexity index is 726. The third-order valence-corrected chi connectivity index (χ3v) is 6.03. The Hall–Kier alpha value is -1.80. The fourth-order valence-corrected chi connectivity index (χ4v) is 3.89. The summed E-state index contributed by atoms with van der Waals surface area (Å²) in [5.74, 6) is -0.228. The van der Waals surface area contributed by atoms with Gasteiger partial charge in [-0.15, -0.1) is 0 Å². The molecule has 2 aliphatic rings. The van der Waals surface area contributed by atoms with Gasteiger partial charge in [0.2, 0.25) is 5.91 Å². The third-order valence-electron chi connectivity index (χ3n) is 4.25. The molecule has 22 heavy (non-hydrogen) atoms. The molecular formula is C14H19N3O4S. The number of benzene rings is 1. The number of nitrogens with zero attached hydrogens (tertiary/aromatic N) is 2. The van der Waals surface area contributed by atoms with Gasteiger partial charge in [0.15, 0.2) is 0 Å². The molecule has 1 atom stereocenters. The highest BCUT2D eigenvalue weighted by Gasteiger charge is 2.36. The second kappa shape index (κ2) is 5.13. The Morgan fingerprint density at radius 2 is 1.91 bits per heavy atom. The van der Waals surface area contributed by atoms with E-state index in [1.807, 2.05) is 6.92 Å². The van der Waals surface area contributed by atoms with Gasteiger partial charge in [-0.05, 0) is 31.0 Å². The Labute approximate surface area is 130 Å². The third kappa shape index (κ3) is 2.22. The maximum Gasteiger partial charge on any atom is 0.326 e. The van der Waals surface area contributed by atoms with E-state index in [4.69, 9.17) is 4.74 Å². The summed E-state index contributed by atoms with van der Waals surface area (Å²) < 4.78 is 32.0. The van der Waals surface area contributed by atoms with Crippen molar-refractivity contribution in [2.75, 3.05) is 41.2 Å². The van der Waals surface area contributed by atoms with Crippen molar-refractivity contribution in [2.24, 2.45) is 5.92 Å². The molecule has 1 aromatic rings. The van der Waals surface area contributed by atoms with Gasteiger partial charge in [0.05, 0.1) is 23.9 Å². The molecule has 0 saturated carbocycles. The Balaban J connectivity index is 1.92. The standard InChI is InChI=1S/C14H19N3O4S/c1-9-6-12-13(17(3)22(19,20)16(12)2)7-11(9)15-14(18)10-4-5-21-8-10/h6-7,10H,4-5,8H2,1-3H3,(H,15,18)/t10-/m0/s1. The van der Waals surface area contributed by atoms with Crippen molar-refractivity contribution in [2.45, 2.75) is 13.3 Å². The van der Waals surface area contributed by atoms with E-state index in [2.05, 4.69) is 5.32 Å². The van der Waals surface area contributed by atoms with Crippen LogP contribution in [0.15, 0.2) is 12.1 Å². The van der Waals surface area contributed by atoms with Crippen LogP contribution in [0.4, 0.5) is 17.1 Å². The summed E-state index contributed by atoms with van der Waals surface area (Å²) in [7, 11) is -0.484. The van der Waals surface area contributed by atoms with Crippen LogP contribution in [0.25, 0.3) is 0 Å². The van der Waals surface area contributed by atoms with Gasteiger partial charge in [-0.3, -0.25) is 13.4 Å². The van der Waals surface area contributed by atoms with Crippen molar-refractivity contribution in [1.82, 2.24) is 0 Å². The highest BCUT2D eigenvalue weighted by molar-refractivity contribution is 7.94. The lowest BCUT2D eigenvalue weighted by Gasteiger charge is -2.14. The van der Waals surface area contributed by atoms with Gasteiger partial charge in [-0.1, -0.05) is 0 Å². The fraction of sp³-hybridized carbons (Fsp3) is 0.500. The zero-order valence-electron chi connectivity index (χ0n) is 12.8. The number of fused-ring (bicyclic) bond motifs is 1. The Morgan fingerprint density at radius 3 is 2.50 bits per heavy atom. The number of hydrogen-bond acceptors (Lipinski definition) is 4. The van der Waals surface area contributed by atoms with Gasteiger partial charge in [0, 0.05) is 26.4 Å². The number of aryl methyl sites for hydroxylation is 1. The molecule has 2 aliphatic heterocycles. The molecule has 0 aromatic heterocycles. The molecule has 0 radical (unpaired) electrons. The van der Waals surface area contributed by atoms with Crippen LogP contribution in [-0.4, -0.2) is 41.6 Å². The monoisotopic (exact) mass is 325 g/mol. The highest BCUT2D eigenvalue weighted by atomic mass is 32.2. The fourth-order valence-electron chi connectivity index (χ4n) is 2.73. The average Bonchev–Trinajstić information content (AvgIpc) is 3.05. The quantitative estimate of drug-likeness (QED) is 0.883. The van der Waals surface area contributed by atoms with Crippen LogP contribution in [0.5, 0.6) is 0 Å². The molecule has 1 saturated heterocycles. The van der Waals surface area contributed by atoms with E-state index in [1.54, 1.807) is 12.1 Å². The average molecular weight is 325 g/mol. The van der Waals surface area contributed by atoms with Crippen LogP contribution in [0.2, 0.25) is 0 Å². The summed E-state index contributed by atoms with van der Waals surface area (Å²) >= 11 is 0. The van der Waals surface area contributed by atoms with Crippen molar-refractivity contribution < 1.29 is 17.9 Å². The summed E-state index contributed by atoms with van der Waals surface area (Å²) in [6.45, 7) is 2.89. The molecule has 1 aromatic carbocycles. The van der Waals surface area contributed by atoms with Gasteiger partial charge < -0.3 is 10.1 Å². The molecule has 0 unspecified atom stereocenters. The second-order valence-electron chi connectivity index (χ2n) is 5.65. The molecule has 1 amide bonds. The maximum absolute atomic E-state index is 12.2. The number of anilines is 3. The lowest BCUT2D eigenvalue weighted by atomic mass is 10.1. The van der Waals surface area contributed by atoms with E-state index < -0.39 is 10.2 Å². The molecule has 0 aliphatic carbocycles. The van der Waals surface area contributed by atoms with Gasteiger partial charge in [0.25, 0.3) is 0 Å². The van der Waals surface area contributed by atoms with Gasteiger partial charge in [0.1, 0.15) is 0 Å². The summed E-state index contributed by atoms with van der Waals surface area (Å²) in [6.07, 6.45) is 0.715. The van der Waals surface area contributed by atoms with Crippen molar-refractivity contribution in [3.8, 4) is 0 Å². The molecule has 1 N–H and O–H groups in total.